The number of aromatic nitrogens is 2. The molecule has 0 saturated carbocycles. The van der Waals surface area contributed by atoms with E-state index in [0.717, 1.165) is 11.1 Å². The Morgan fingerprint density at radius 3 is 3.18 bits per heavy atom. The summed E-state index contributed by atoms with van der Waals surface area (Å²) in [7, 11) is 1.86. The van der Waals surface area contributed by atoms with Gasteiger partial charge in [-0.2, -0.15) is 4.98 Å². The van der Waals surface area contributed by atoms with E-state index in [1.54, 1.807) is 11.3 Å². The lowest BCUT2D eigenvalue weighted by Gasteiger charge is -1.94. The van der Waals surface area contributed by atoms with Crippen molar-refractivity contribution in [3.8, 4) is 10.4 Å². The minimum Gasteiger partial charge on any atom is -0.438 e. The lowest BCUT2D eigenvalue weighted by Crippen LogP contribution is -2.04. The second-order valence-corrected chi connectivity index (χ2v) is 4.61. The molecule has 86 valence electrons. The summed E-state index contributed by atoms with van der Waals surface area (Å²) in [5.41, 5.74) is 2.47. The quantitative estimate of drug-likeness (QED) is 0.770. The Labute approximate surface area is 102 Å². The van der Waals surface area contributed by atoms with E-state index in [9.17, 15) is 0 Å². The van der Waals surface area contributed by atoms with E-state index in [0.29, 0.717) is 18.1 Å². The smallest absolute Gasteiger partial charge is 0.211 e. The van der Waals surface area contributed by atoms with Crippen LogP contribution >= 0.6 is 11.3 Å². The van der Waals surface area contributed by atoms with Gasteiger partial charge in [-0.25, -0.2) is 4.98 Å². The molecule has 3 aromatic rings. The average molecular weight is 245 g/mol. The Kier molecular flexibility index (Phi) is 2.62. The van der Waals surface area contributed by atoms with Gasteiger partial charge in [-0.1, -0.05) is 6.07 Å². The predicted molar refractivity (Wildman–Crippen MR) is 67.9 cm³/mol. The molecule has 0 radical (unpaired) electrons. The minimum absolute atomic E-state index is 0.616. The highest BCUT2D eigenvalue weighted by molar-refractivity contribution is 7.13. The Morgan fingerprint density at radius 2 is 2.41 bits per heavy atom. The number of hydrogen-bond donors (Lipinski definition) is 1. The Bertz CT molecular complexity index is 630. The molecule has 3 heterocycles. The van der Waals surface area contributed by atoms with Gasteiger partial charge in [0.1, 0.15) is 0 Å². The van der Waals surface area contributed by atoms with E-state index >= 15 is 0 Å². The van der Waals surface area contributed by atoms with Crippen LogP contribution in [0.15, 0.2) is 34.2 Å². The summed E-state index contributed by atoms with van der Waals surface area (Å²) < 4.78 is 5.62. The Morgan fingerprint density at radius 1 is 1.47 bits per heavy atom. The maximum atomic E-state index is 5.62. The third kappa shape index (κ3) is 1.94. The van der Waals surface area contributed by atoms with Gasteiger partial charge in [0.05, 0.1) is 6.54 Å². The second-order valence-electron chi connectivity index (χ2n) is 3.66. The highest BCUT2D eigenvalue weighted by atomic mass is 32.1. The number of oxazole rings is 1. The average Bonchev–Trinajstić information content (AvgIpc) is 2.96. The summed E-state index contributed by atoms with van der Waals surface area (Å²) in [6.07, 6.45) is 1.83. The van der Waals surface area contributed by atoms with Crippen LogP contribution in [0.1, 0.15) is 5.89 Å². The minimum atomic E-state index is 0.616. The number of pyridine rings is 1. The summed E-state index contributed by atoms with van der Waals surface area (Å²) in [6, 6.07) is 6.08. The van der Waals surface area contributed by atoms with Gasteiger partial charge in [0.25, 0.3) is 0 Å². The van der Waals surface area contributed by atoms with Crippen molar-refractivity contribution in [2.24, 2.45) is 0 Å². The molecule has 3 rings (SSSR count). The fraction of sp³-hybridized carbons (Fsp3) is 0.167. The van der Waals surface area contributed by atoms with E-state index in [4.69, 9.17) is 4.42 Å². The molecule has 0 aromatic carbocycles. The van der Waals surface area contributed by atoms with E-state index < -0.39 is 0 Å². The molecule has 0 bridgehead atoms. The molecule has 0 amide bonds. The van der Waals surface area contributed by atoms with Crippen molar-refractivity contribution in [2.75, 3.05) is 7.05 Å². The zero-order chi connectivity index (χ0) is 11.7. The number of nitrogens with zero attached hydrogens (tertiary/aromatic N) is 2. The molecule has 0 aliphatic rings. The standard InChI is InChI=1S/C12H11N3OS/c1-13-7-11-15-12-9(16-11)5-8(6-14-12)10-3-2-4-17-10/h2-6,13H,7H2,1H3. The molecule has 0 aliphatic heterocycles. The highest BCUT2D eigenvalue weighted by Crippen LogP contribution is 2.26. The van der Waals surface area contributed by atoms with Crippen LogP contribution in [0.3, 0.4) is 0 Å². The van der Waals surface area contributed by atoms with Crippen molar-refractivity contribution in [3.63, 3.8) is 0 Å². The van der Waals surface area contributed by atoms with E-state index in [-0.39, 0.29) is 0 Å². The largest absolute Gasteiger partial charge is 0.438 e. The topological polar surface area (TPSA) is 51.0 Å². The summed E-state index contributed by atoms with van der Waals surface area (Å²) in [5.74, 6) is 0.665. The fourth-order valence-corrected chi connectivity index (χ4v) is 2.38. The van der Waals surface area contributed by atoms with Gasteiger partial charge in [-0.05, 0) is 24.6 Å². The van der Waals surface area contributed by atoms with Crippen molar-refractivity contribution >= 4 is 22.6 Å². The molecule has 3 aromatic heterocycles. The SMILES string of the molecule is CNCc1nc2ncc(-c3cccs3)cc2o1. The van der Waals surface area contributed by atoms with E-state index in [1.165, 1.54) is 4.88 Å². The third-order valence-corrected chi connectivity index (χ3v) is 3.34. The van der Waals surface area contributed by atoms with Crippen molar-refractivity contribution in [2.45, 2.75) is 6.54 Å². The summed E-state index contributed by atoms with van der Waals surface area (Å²) in [6.45, 7) is 0.616. The van der Waals surface area contributed by atoms with Gasteiger partial charge in [-0.15, -0.1) is 11.3 Å². The fourth-order valence-electron chi connectivity index (χ4n) is 1.67. The van der Waals surface area contributed by atoms with Crippen molar-refractivity contribution in [3.05, 3.63) is 35.7 Å². The highest BCUT2D eigenvalue weighted by Gasteiger charge is 2.08. The summed E-state index contributed by atoms with van der Waals surface area (Å²) in [5, 5.41) is 5.05. The first kappa shape index (κ1) is 10.4. The zero-order valence-electron chi connectivity index (χ0n) is 9.30. The first-order chi connectivity index (χ1) is 8.36. The maximum absolute atomic E-state index is 5.62. The monoisotopic (exact) mass is 245 g/mol. The number of thiophene rings is 1. The number of rotatable bonds is 3. The molecular weight excluding hydrogens is 234 g/mol. The first-order valence-corrected chi connectivity index (χ1v) is 6.19. The Hall–Kier alpha value is -1.72. The maximum Gasteiger partial charge on any atom is 0.211 e. The van der Waals surface area contributed by atoms with Gasteiger partial charge in [0.15, 0.2) is 11.2 Å². The van der Waals surface area contributed by atoms with Gasteiger partial charge in [-0.3, -0.25) is 0 Å². The first-order valence-electron chi connectivity index (χ1n) is 5.31. The number of hydrogen-bond acceptors (Lipinski definition) is 5. The van der Waals surface area contributed by atoms with Crippen LogP contribution < -0.4 is 5.32 Å². The van der Waals surface area contributed by atoms with Crippen LogP contribution in [0, 0.1) is 0 Å². The van der Waals surface area contributed by atoms with E-state index in [2.05, 4.69) is 21.4 Å². The molecule has 0 atom stereocenters. The lowest BCUT2D eigenvalue weighted by atomic mass is 10.2. The van der Waals surface area contributed by atoms with Gasteiger partial charge >= 0.3 is 0 Å². The molecule has 5 heteroatoms. The molecule has 0 spiro atoms. The van der Waals surface area contributed by atoms with Gasteiger partial charge in [0.2, 0.25) is 5.89 Å². The van der Waals surface area contributed by atoms with Crippen molar-refractivity contribution < 1.29 is 4.42 Å². The van der Waals surface area contributed by atoms with E-state index in [1.807, 2.05) is 30.8 Å². The lowest BCUT2D eigenvalue weighted by molar-refractivity contribution is 0.511. The number of fused-ring (bicyclic) bond motifs is 1. The second kappa shape index (κ2) is 4.27. The summed E-state index contributed by atoms with van der Waals surface area (Å²) >= 11 is 1.69. The molecule has 0 aliphatic carbocycles. The molecule has 0 saturated heterocycles. The van der Waals surface area contributed by atoms with Crippen LogP contribution in [-0.2, 0) is 6.54 Å². The molecule has 17 heavy (non-hydrogen) atoms. The normalized spacial score (nSPS) is 11.1. The van der Waals surface area contributed by atoms with Crippen molar-refractivity contribution in [1.29, 1.82) is 0 Å². The Balaban J connectivity index is 2.06. The van der Waals surface area contributed by atoms with Crippen LogP contribution in [0.2, 0.25) is 0 Å². The molecular formula is C12H11N3OS. The zero-order valence-corrected chi connectivity index (χ0v) is 10.1. The predicted octanol–water partition coefficient (Wildman–Crippen LogP) is 2.67. The van der Waals surface area contributed by atoms with Crippen LogP contribution in [-0.4, -0.2) is 17.0 Å². The van der Waals surface area contributed by atoms with Crippen LogP contribution in [0.25, 0.3) is 21.7 Å². The molecule has 0 fully saturated rings. The third-order valence-electron chi connectivity index (χ3n) is 2.42. The van der Waals surface area contributed by atoms with Crippen LogP contribution in [0.4, 0.5) is 0 Å². The molecule has 0 unspecified atom stereocenters. The van der Waals surface area contributed by atoms with Crippen molar-refractivity contribution in [1.82, 2.24) is 15.3 Å². The molecule has 1 N–H and O–H groups in total. The van der Waals surface area contributed by atoms with Gasteiger partial charge in [0, 0.05) is 16.6 Å². The molecule has 4 nitrogen and oxygen atoms in total. The number of nitrogens with one attached hydrogen (secondary N) is 1. The summed E-state index contributed by atoms with van der Waals surface area (Å²) in [4.78, 5) is 9.79. The van der Waals surface area contributed by atoms with Gasteiger partial charge < -0.3 is 9.73 Å². The van der Waals surface area contributed by atoms with Crippen LogP contribution in [0.5, 0.6) is 0 Å².